The molecule has 2 N–H and O–H groups in total. The monoisotopic (exact) mass is 97.0 g/mol. The van der Waals surface area contributed by atoms with Crippen molar-refractivity contribution >= 4 is 0 Å². The Balaban J connectivity index is 0. The van der Waals surface area contributed by atoms with E-state index in [9.17, 15) is 0 Å². The summed E-state index contributed by atoms with van der Waals surface area (Å²) in [5, 5.41) is 1.69. The van der Waals surface area contributed by atoms with Crippen molar-refractivity contribution in [2.45, 2.75) is 5.23 Å². The Kier molecular flexibility index (Phi) is 21.6. The van der Waals surface area contributed by atoms with E-state index in [1.165, 1.54) is 0 Å². The second kappa shape index (κ2) is 9.79. The molecule has 3 heteroatoms. The van der Waals surface area contributed by atoms with E-state index < -0.39 is 19.1 Å². The molecule has 0 atom stereocenters. The molecule has 0 heterocycles. The molecule has 0 saturated heterocycles. The Bertz CT molecular complexity index is 13.5. The van der Waals surface area contributed by atoms with E-state index in [1.807, 2.05) is 0 Å². The van der Waals surface area contributed by atoms with Gasteiger partial charge in [0.25, 0.3) is 0 Å². The van der Waals surface area contributed by atoms with Gasteiger partial charge in [0.15, 0.2) is 0 Å². The van der Waals surface area contributed by atoms with E-state index in [2.05, 4.69) is 0 Å². The van der Waals surface area contributed by atoms with Gasteiger partial charge in [-0.2, -0.15) is 0 Å². The molecule has 0 saturated carbocycles. The van der Waals surface area contributed by atoms with E-state index in [1.54, 1.807) is 5.23 Å². The van der Waals surface area contributed by atoms with Crippen molar-refractivity contribution in [3.05, 3.63) is 0 Å². The summed E-state index contributed by atoms with van der Waals surface area (Å²) in [5.41, 5.74) is 0. The molecule has 0 aliphatic carbocycles. The Labute approximate surface area is 33.8 Å². The summed E-state index contributed by atoms with van der Waals surface area (Å²) in [5.74, 6) is 0. The van der Waals surface area contributed by atoms with Crippen LogP contribution in [0.3, 0.4) is 0 Å². The van der Waals surface area contributed by atoms with E-state index in [0.29, 0.717) is 0 Å². The third-order valence-electron chi connectivity index (χ3n) is 0. The van der Waals surface area contributed by atoms with Crippen LogP contribution in [-0.2, 0) is 22.4 Å². The van der Waals surface area contributed by atoms with E-state index >= 15 is 0 Å². The molecule has 0 radical (unpaired) electrons. The van der Waals surface area contributed by atoms with Crippen LogP contribution >= 0.6 is 0 Å². The van der Waals surface area contributed by atoms with Crippen LogP contribution in [0.1, 0.15) is 0 Å². The van der Waals surface area contributed by atoms with Crippen LogP contribution < -0.4 is 0 Å². The number of hydrogen-bond donors (Lipinski definition) is 0. The summed E-state index contributed by atoms with van der Waals surface area (Å²) in [6.45, 7) is 0. The van der Waals surface area contributed by atoms with Crippen molar-refractivity contribution in [3.63, 3.8) is 0 Å². The Morgan fingerprint density at radius 1 is 1.75 bits per heavy atom. The van der Waals surface area contributed by atoms with Crippen LogP contribution in [-0.4, -0.2) is 5.48 Å². The quantitative estimate of drug-likeness (QED) is 0.380. The van der Waals surface area contributed by atoms with Crippen LogP contribution in [0, 0.1) is 0 Å². The molecule has 0 aliphatic rings. The van der Waals surface area contributed by atoms with Crippen LogP contribution in [0.5, 0.6) is 0 Å². The molecule has 0 spiro atoms. The van der Waals surface area contributed by atoms with Crippen molar-refractivity contribution in [2.24, 2.45) is 0 Å². The van der Waals surface area contributed by atoms with Crippen molar-refractivity contribution in [1.82, 2.24) is 0 Å². The molecular formula is CH5O2Ti. The summed E-state index contributed by atoms with van der Waals surface area (Å²) in [4.78, 5) is 0. The summed E-state index contributed by atoms with van der Waals surface area (Å²) < 4.78 is 9.06. The molecular weight excluding hydrogens is 91.9 g/mol. The van der Waals surface area contributed by atoms with E-state index in [4.69, 9.17) is 3.32 Å². The molecule has 0 bridgehead atoms. The van der Waals surface area contributed by atoms with Crippen LogP contribution in [0.15, 0.2) is 0 Å². The van der Waals surface area contributed by atoms with Crippen molar-refractivity contribution in [1.29, 1.82) is 0 Å². The van der Waals surface area contributed by atoms with Crippen molar-refractivity contribution in [2.75, 3.05) is 0 Å². The molecule has 25 valence electrons. The second-order valence-corrected chi connectivity index (χ2v) is 0.842. The number of hydrogen-bond acceptors (Lipinski definition) is 1. The van der Waals surface area contributed by atoms with Gasteiger partial charge in [0.05, 0.1) is 0 Å². The minimum atomic E-state index is -0.750. The molecule has 0 aromatic rings. The fourth-order valence-corrected chi connectivity index (χ4v) is 0. The molecule has 4 heavy (non-hydrogen) atoms. The first kappa shape index (κ1) is 8.82. The second-order valence-electron chi connectivity index (χ2n) is 0.204. The van der Waals surface area contributed by atoms with E-state index in [-0.39, 0.29) is 5.48 Å². The third kappa shape index (κ3) is 23.9. The molecule has 0 aromatic carbocycles. The van der Waals surface area contributed by atoms with Gasteiger partial charge in [0, 0.05) is 0 Å². The fraction of sp³-hybridized carbons (Fsp3) is 1.00. The van der Waals surface area contributed by atoms with Gasteiger partial charge in [-0.1, -0.05) is 0 Å². The summed E-state index contributed by atoms with van der Waals surface area (Å²) in [6, 6.07) is 0. The first-order valence-electron chi connectivity index (χ1n) is 0.704. The zero-order valence-corrected chi connectivity index (χ0v) is 3.97. The summed E-state index contributed by atoms with van der Waals surface area (Å²) >= 11 is -0.750. The van der Waals surface area contributed by atoms with Crippen LogP contribution in [0.2, 0.25) is 5.23 Å². The van der Waals surface area contributed by atoms with Gasteiger partial charge in [0.1, 0.15) is 0 Å². The normalized spacial score (nSPS) is 2.25. The molecule has 0 amide bonds. The van der Waals surface area contributed by atoms with Gasteiger partial charge in [-0.3, -0.25) is 0 Å². The maximum atomic E-state index is 9.06. The zero-order chi connectivity index (χ0) is 2.71. The molecule has 0 rings (SSSR count). The Morgan fingerprint density at radius 2 is 1.75 bits per heavy atom. The van der Waals surface area contributed by atoms with Gasteiger partial charge in [0.2, 0.25) is 0 Å². The van der Waals surface area contributed by atoms with Crippen molar-refractivity contribution in [3.8, 4) is 0 Å². The predicted octanol–water partition coefficient (Wildman–Crippen LogP) is -0.362. The SMILES string of the molecule is O.[CH3][Ti]=[O]. The number of rotatable bonds is 0. The van der Waals surface area contributed by atoms with Gasteiger partial charge < -0.3 is 5.48 Å². The Morgan fingerprint density at radius 3 is 1.75 bits per heavy atom. The zero-order valence-electron chi connectivity index (χ0n) is 2.41. The Hall–Kier alpha value is 0.474. The van der Waals surface area contributed by atoms with Gasteiger partial charge in [-0.05, 0) is 0 Å². The molecule has 0 aliphatic heterocycles. The summed E-state index contributed by atoms with van der Waals surface area (Å²) in [6.07, 6.45) is 0. The van der Waals surface area contributed by atoms with Gasteiger partial charge in [-0.15, -0.1) is 0 Å². The van der Waals surface area contributed by atoms with Crippen LogP contribution in [0.4, 0.5) is 0 Å². The van der Waals surface area contributed by atoms with Crippen molar-refractivity contribution < 1.29 is 27.9 Å². The molecule has 0 unspecified atom stereocenters. The average molecular weight is 96.9 g/mol. The topological polar surface area (TPSA) is 48.6 Å². The van der Waals surface area contributed by atoms with Gasteiger partial charge in [-0.25, -0.2) is 0 Å². The standard InChI is InChI=1S/CH3.H2O.O.Ti/h1H3;1H2;;. The summed E-state index contributed by atoms with van der Waals surface area (Å²) in [7, 11) is 0. The average Bonchev–Trinajstić information content (AvgIpc) is 0.918. The first-order valence-corrected chi connectivity index (χ1v) is 2.90. The minimum absolute atomic E-state index is 0. The maximum absolute atomic E-state index is 9.06. The molecule has 0 fully saturated rings. The van der Waals surface area contributed by atoms with Crippen LogP contribution in [0.25, 0.3) is 0 Å². The molecule has 2 nitrogen and oxygen atoms in total. The fourth-order valence-electron chi connectivity index (χ4n) is 0. The third-order valence-corrected chi connectivity index (χ3v) is 0. The molecule has 0 aromatic heterocycles. The van der Waals surface area contributed by atoms with E-state index in [0.717, 1.165) is 0 Å². The first-order chi connectivity index (χ1) is 1.41. The van der Waals surface area contributed by atoms with Gasteiger partial charge >= 0.3 is 27.7 Å². The predicted molar refractivity (Wildman–Crippen MR) is 10.2 cm³/mol.